The fourth-order valence-corrected chi connectivity index (χ4v) is 6.75. The molecule has 4 rings (SSSR count). The third kappa shape index (κ3) is 6.86. The Morgan fingerprint density at radius 2 is 1.39 bits per heavy atom. The Kier molecular flexibility index (Phi) is 8.64. The quantitative estimate of drug-likeness (QED) is 0.418. The van der Waals surface area contributed by atoms with E-state index in [-0.39, 0.29) is 16.2 Å². The van der Waals surface area contributed by atoms with Crippen molar-refractivity contribution < 1.29 is 21.6 Å². The predicted octanol–water partition coefficient (Wildman–Crippen LogP) is 2.46. The molecule has 2 N–H and O–H groups in total. The molecule has 202 valence electrons. The molecule has 1 aliphatic rings. The van der Waals surface area contributed by atoms with E-state index in [0.29, 0.717) is 31.9 Å². The lowest BCUT2D eigenvalue weighted by molar-refractivity contribution is -0.117. The first-order chi connectivity index (χ1) is 18.0. The van der Waals surface area contributed by atoms with Gasteiger partial charge in [0.2, 0.25) is 26.0 Å². The summed E-state index contributed by atoms with van der Waals surface area (Å²) in [5, 5.41) is 2.73. The second-order valence-corrected chi connectivity index (χ2v) is 13.0. The number of likely N-dealkylation sites (N-methyl/N-ethyl adjacent to an activating group) is 1. The zero-order valence-electron chi connectivity index (χ0n) is 21.4. The molecule has 3 aromatic carbocycles. The van der Waals surface area contributed by atoms with Crippen LogP contribution in [0.5, 0.6) is 0 Å². The second kappa shape index (κ2) is 11.7. The Morgan fingerprint density at radius 1 is 0.816 bits per heavy atom. The number of anilines is 1. The van der Waals surface area contributed by atoms with Crippen LogP contribution in [0, 0.1) is 6.92 Å². The minimum absolute atomic E-state index is 0.0624. The van der Waals surface area contributed by atoms with Gasteiger partial charge < -0.3 is 10.2 Å². The number of hydrogen-bond donors (Lipinski definition) is 2. The van der Waals surface area contributed by atoms with Crippen molar-refractivity contribution in [1.82, 2.24) is 13.9 Å². The lowest BCUT2D eigenvalue weighted by Gasteiger charge is -2.31. The standard InChI is InChI=1S/C27H32N4O5S2/c1-21-8-12-24(13-9-21)37(33,34)29-26(20-22-6-4-3-5-7-22)27(32)28-23-10-14-25(15-11-23)38(35,36)31-18-16-30(2)17-19-31/h3-15,26,29H,16-20H2,1-2H3,(H,28,32)/t26-/m0/s1. The van der Waals surface area contributed by atoms with Gasteiger partial charge in [0.1, 0.15) is 6.04 Å². The van der Waals surface area contributed by atoms with E-state index in [4.69, 9.17) is 0 Å². The molecule has 0 bridgehead atoms. The highest BCUT2D eigenvalue weighted by Gasteiger charge is 2.28. The fourth-order valence-electron chi connectivity index (χ4n) is 4.13. The number of amides is 1. The number of hydrogen-bond acceptors (Lipinski definition) is 6. The average Bonchev–Trinajstić information content (AvgIpc) is 2.89. The molecule has 9 nitrogen and oxygen atoms in total. The molecule has 1 heterocycles. The zero-order valence-corrected chi connectivity index (χ0v) is 23.0. The normalized spacial score (nSPS) is 16.2. The van der Waals surface area contributed by atoms with Crippen molar-refractivity contribution in [2.75, 3.05) is 38.5 Å². The molecule has 0 aromatic heterocycles. The largest absolute Gasteiger partial charge is 0.325 e. The van der Waals surface area contributed by atoms with Gasteiger partial charge in [0.15, 0.2) is 0 Å². The van der Waals surface area contributed by atoms with Gasteiger partial charge in [-0.2, -0.15) is 9.03 Å². The Hall–Kier alpha value is -3.09. The zero-order chi connectivity index (χ0) is 27.3. The van der Waals surface area contributed by atoms with Crippen molar-refractivity contribution in [3.05, 3.63) is 90.0 Å². The Labute approximate surface area is 224 Å². The van der Waals surface area contributed by atoms with Crippen LogP contribution < -0.4 is 10.0 Å². The van der Waals surface area contributed by atoms with E-state index in [2.05, 4.69) is 14.9 Å². The van der Waals surface area contributed by atoms with Gasteiger partial charge in [0.25, 0.3) is 0 Å². The SMILES string of the molecule is Cc1ccc(S(=O)(=O)N[C@@H](Cc2ccccc2)C(=O)Nc2ccc(S(=O)(=O)N3CCN(C)CC3)cc2)cc1. The number of carbonyl (C=O) groups is 1. The number of aryl methyl sites for hydroxylation is 1. The fraction of sp³-hybridized carbons (Fsp3) is 0.296. The van der Waals surface area contributed by atoms with Crippen LogP contribution in [0.15, 0.2) is 88.7 Å². The molecule has 0 unspecified atom stereocenters. The second-order valence-electron chi connectivity index (χ2n) is 9.40. The maximum Gasteiger partial charge on any atom is 0.243 e. The third-order valence-electron chi connectivity index (χ3n) is 6.45. The molecule has 1 fully saturated rings. The summed E-state index contributed by atoms with van der Waals surface area (Å²) >= 11 is 0. The minimum atomic E-state index is -3.98. The van der Waals surface area contributed by atoms with Crippen molar-refractivity contribution >= 4 is 31.6 Å². The van der Waals surface area contributed by atoms with Crippen LogP contribution in [0.2, 0.25) is 0 Å². The monoisotopic (exact) mass is 556 g/mol. The lowest BCUT2D eigenvalue weighted by atomic mass is 10.1. The van der Waals surface area contributed by atoms with Gasteiger partial charge in [-0.25, -0.2) is 16.8 Å². The van der Waals surface area contributed by atoms with Crippen molar-refractivity contribution in [2.45, 2.75) is 29.2 Å². The number of carbonyl (C=O) groups excluding carboxylic acids is 1. The van der Waals surface area contributed by atoms with Gasteiger partial charge in [0, 0.05) is 31.9 Å². The van der Waals surface area contributed by atoms with E-state index in [9.17, 15) is 21.6 Å². The van der Waals surface area contributed by atoms with Crippen LogP contribution in [-0.2, 0) is 31.3 Å². The van der Waals surface area contributed by atoms with Crippen LogP contribution in [-0.4, -0.2) is 71.2 Å². The van der Waals surface area contributed by atoms with Crippen LogP contribution in [0.25, 0.3) is 0 Å². The molecule has 1 amide bonds. The molecule has 38 heavy (non-hydrogen) atoms. The van der Waals surface area contributed by atoms with E-state index in [1.165, 1.54) is 40.7 Å². The van der Waals surface area contributed by atoms with Crippen LogP contribution in [0.1, 0.15) is 11.1 Å². The molecule has 0 aliphatic carbocycles. The van der Waals surface area contributed by atoms with Gasteiger partial charge in [-0.1, -0.05) is 48.0 Å². The summed E-state index contributed by atoms with van der Waals surface area (Å²) in [7, 11) is -5.67. The summed E-state index contributed by atoms with van der Waals surface area (Å²) < 4.78 is 56.1. The predicted molar refractivity (Wildman–Crippen MR) is 147 cm³/mol. The highest BCUT2D eigenvalue weighted by atomic mass is 32.2. The minimum Gasteiger partial charge on any atom is -0.325 e. The summed E-state index contributed by atoms with van der Waals surface area (Å²) in [5.74, 6) is -0.556. The van der Waals surface area contributed by atoms with E-state index in [1.54, 1.807) is 12.1 Å². The molecular formula is C27H32N4O5S2. The highest BCUT2D eigenvalue weighted by Crippen LogP contribution is 2.20. The van der Waals surface area contributed by atoms with Crippen molar-refractivity contribution in [3.8, 4) is 0 Å². The van der Waals surface area contributed by atoms with Gasteiger partial charge in [0.05, 0.1) is 9.79 Å². The third-order valence-corrected chi connectivity index (χ3v) is 9.85. The van der Waals surface area contributed by atoms with Gasteiger partial charge >= 0.3 is 0 Å². The summed E-state index contributed by atoms with van der Waals surface area (Å²) in [5.41, 5.74) is 2.06. The number of sulfonamides is 2. The molecule has 3 aromatic rings. The van der Waals surface area contributed by atoms with E-state index >= 15 is 0 Å². The number of rotatable bonds is 9. The number of nitrogens with zero attached hydrogens (tertiary/aromatic N) is 2. The topological polar surface area (TPSA) is 116 Å². The number of nitrogens with one attached hydrogen (secondary N) is 2. The summed E-state index contributed by atoms with van der Waals surface area (Å²) in [6.07, 6.45) is 0.133. The van der Waals surface area contributed by atoms with Gasteiger partial charge in [-0.05, 0) is 62.4 Å². The summed E-state index contributed by atoms with van der Waals surface area (Å²) in [6.45, 7) is 4.01. The van der Waals surface area contributed by atoms with Crippen molar-refractivity contribution in [3.63, 3.8) is 0 Å². The molecule has 1 atom stereocenters. The van der Waals surface area contributed by atoms with Crippen LogP contribution >= 0.6 is 0 Å². The van der Waals surface area contributed by atoms with Crippen molar-refractivity contribution in [1.29, 1.82) is 0 Å². The highest BCUT2D eigenvalue weighted by molar-refractivity contribution is 7.89. The molecule has 1 aliphatic heterocycles. The Balaban J connectivity index is 1.51. The molecular weight excluding hydrogens is 524 g/mol. The van der Waals surface area contributed by atoms with E-state index in [1.807, 2.05) is 44.3 Å². The molecule has 0 radical (unpaired) electrons. The van der Waals surface area contributed by atoms with Crippen LogP contribution in [0.4, 0.5) is 5.69 Å². The first-order valence-corrected chi connectivity index (χ1v) is 15.2. The molecule has 0 spiro atoms. The van der Waals surface area contributed by atoms with Gasteiger partial charge in [-0.15, -0.1) is 0 Å². The Morgan fingerprint density at radius 3 is 2.00 bits per heavy atom. The average molecular weight is 557 g/mol. The smallest absolute Gasteiger partial charge is 0.243 e. The maximum atomic E-state index is 13.3. The summed E-state index contributed by atoms with van der Waals surface area (Å²) in [6, 6.07) is 20.3. The van der Waals surface area contributed by atoms with Crippen molar-refractivity contribution in [2.24, 2.45) is 0 Å². The summed E-state index contributed by atoms with van der Waals surface area (Å²) in [4.78, 5) is 15.5. The maximum absolute atomic E-state index is 13.3. The molecule has 0 saturated carbocycles. The molecule has 1 saturated heterocycles. The van der Waals surface area contributed by atoms with E-state index in [0.717, 1.165) is 11.1 Å². The number of piperazine rings is 1. The first-order valence-electron chi connectivity index (χ1n) is 12.3. The molecule has 11 heteroatoms. The number of benzene rings is 3. The Bertz CT molecular complexity index is 1450. The lowest BCUT2D eigenvalue weighted by Crippen LogP contribution is -2.47. The first kappa shape index (κ1) is 27.9. The van der Waals surface area contributed by atoms with Crippen LogP contribution in [0.3, 0.4) is 0 Å². The van der Waals surface area contributed by atoms with E-state index < -0.39 is 32.0 Å². The van der Waals surface area contributed by atoms with Gasteiger partial charge in [-0.3, -0.25) is 4.79 Å².